The zero-order valence-corrected chi connectivity index (χ0v) is 30.3. The van der Waals surface area contributed by atoms with E-state index in [1.54, 1.807) is 4.90 Å². The van der Waals surface area contributed by atoms with Crippen molar-refractivity contribution >= 4 is 86.7 Å². The molecule has 52 heavy (non-hydrogen) atoms. The van der Waals surface area contributed by atoms with E-state index in [2.05, 4.69) is 20.6 Å². The van der Waals surface area contributed by atoms with Crippen molar-refractivity contribution < 1.29 is 48.6 Å². The number of nitrogens with zero attached hydrogens (tertiary/aromatic N) is 6. The molecule has 2 bridgehead atoms. The summed E-state index contributed by atoms with van der Waals surface area (Å²) >= 11 is 14.5. The average Bonchev–Trinajstić information content (AvgIpc) is 3.25. The van der Waals surface area contributed by atoms with Crippen LogP contribution in [0.3, 0.4) is 0 Å². The summed E-state index contributed by atoms with van der Waals surface area (Å²) in [5, 5.41) is 37.6. The molecule has 3 atom stereocenters. The lowest BCUT2D eigenvalue weighted by atomic mass is 9.99. The van der Waals surface area contributed by atoms with Crippen molar-refractivity contribution in [2.24, 2.45) is 10.3 Å². The van der Waals surface area contributed by atoms with Gasteiger partial charge in [0.2, 0.25) is 6.10 Å². The lowest BCUT2D eigenvalue weighted by molar-refractivity contribution is -0.924. The number of aromatic nitrogens is 1. The minimum Gasteiger partial charge on any atom is -0.504 e. The molecule has 18 nitrogen and oxygen atoms in total. The number of anilines is 1. The van der Waals surface area contributed by atoms with Gasteiger partial charge in [-0.1, -0.05) is 39.7 Å². The number of nitrogens with one attached hydrogen (secondary N) is 1. The van der Waals surface area contributed by atoms with Crippen LogP contribution >= 0.6 is 46.3 Å². The predicted octanol–water partition coefficient (Wildman–Crippen LogP) is 1.72. The number of fused-ring (bicyclic) bond motifs is 5. The van der Waals surface area contributed by atoms with Gasteiger partial charge in [0.15, 0.2) is 22.3 Å². The van der Waals surface area contributed by atoms with Crippen LogP contribution in [-0.2, 0) is 24.0 Å². The molecule has 6 heterocycles. The molecule has 4 saturated heterocycles. The molecule has 0 unspecified atom stereocenters. The summed E-state index contributed by atoms with van der Waals surface area (Å²) in [4.78, 5) is 87.3. The van der Waals surface area contributed by atoms with Crippen molar-refractivity contribution in [1.29, 1.82) is 0 Å². The highest BCUT2D eigenvalue weighted by Crippen LogP contribution is 2.42. The number of hydrogen-bond donors (Lipinski definition) is 5. The van der Waals surface area contributed by atoms with Crippen LogP contribution in [0.15, 0.2) is 33.7 Å². The van der Waals surface area contributed by atoms with Gasteiger partial charge in [0.1, 0.15) is 33.7 Å². The summed E-state index contributed by atoms with van der Waals surface area (Å²) in [6.07, 6.45) is -0.184. The number of quaternary nitrogens is 1. The maximum atomic E-state index is 13.6. The molecule has 0 saturated carbocycles. The molecule has 4 amide bonds. The standard InChI is InChI=1S/C30H30Cl2N8O10S2/c1-12(24(43)36-49)50-37-19(18-23(32)52-30(33)35-18)25(44)34-20-27(46)39-21(29(47)48)13(11-51-28(20)39)10-40-7-4-14(5-8-40)38(6-9-40)26(45)15-2-3-16(41)22(42)17(15)31/h2-3,12,14,20,28H,4-11H2,1H3,(H5-,33,34,35,36,37,41,42,43,44,45,47,48,49)/p+1/t12-,14?,20+,28+,40?/m0/s1. The highest BCUT2D eigenvalue weighted by atomic mass is 35.5. The van der Waals surface area contributed by atoms with Gasteiger partial charge < -0.3 is 40.6 Å². The molecule has 1 aromatic heterocycles. The lowest BCUT2D eigenvalue weighted by Gasteiger charge is -2.50. The number of phenolic OH excluding ortho intramolecular Hbond substituents is 2. The fourth-order valence-corrected chi connectivity index (χ4v) is 9.35. The van der Waals surface area contributed by atoms with Crippen LogP contribution in [0.5, 0.6) is 11.5 Å². The normalized spacial score (nSPS) is 24.8. The van der Waals surface area contributed by atoms with Crippen LogP contribution in [0.1, 0.15) is 35.8 Å². The Kier molecular flexibility index (Phi) is 10.4. The van der Waals surface area contributed by atoms with E-state index in [0.717, 1.165) is 16.2 Å². The van der Waals surface area contributed by atoms with Gasteiger partial charge in [0.05, 0.1) is 36.8 Å². The van der Waals surface area contributed by atoms with Gasteiger partial charge in [0.25, 0.3) is 17.7 Å². The molecule has 5 aliphatic heterocycles. The van der Waals surface area contributed by atoms with Crippen molar-refractivity contribution in [2.75, 3.05) is 44.2 Å². The van der Waals surface area contributed by atoms with E-state index < -0.39 is 58.4 Å². The van der Waals surface area contributed by atoms with E-state index in [-0.39, 0.29) is 49.1 Å². The number of rotatable bonds is 10. The molecule has 4 fully saturated rings. The number of hydrogen-bond acceptors (Lipinski definition) is 14. The van der Waals surface area contributed by atoms with Crippen LogP contribution in [-0.4, -0.2) is 132 Å². The third kappa shape index (κ3) is 6.75. The van der Waals surface area contributed by atoms with Gasteiger partial charge in [-0.3, -0.25) is 24.1 Å². The Balaban J connectivity index is 1.18. The van der Waals surface area contributed by atoms with E-state index in [0.29, 0.717) is 55.6 Å². The maximum absolute atomic E-state index is 13.6. The fraction of sp³-hybridized carbons (Fsp3) is 0.433. The quantitative estimate of drug-likeness (QED) is 0.0574. The predicted molar refractivity (Wildman–Crippen MR) is 188 cm³/mol. The van der Waals surface area contributed by atoms with Crippen molar-refractivity contribution in [1.82, 2.24) is 20.1 Å². The van der Waals surface area contributed by atoms with E-state index in [1.807, 2.05) is 0 Å². The maximum Gasteiger partial charge on any atom is 0.352 e. The first-order valence-corrected chi connectivity index (χ1v) is 18.4. The van der Waals surface area contributed by atoms with Crippen molar-refractivity contribution in [3.63, 3.8) is 0 Å². The molecule has 5 aliphatic rings. The Morgan fingerprint density at radius 1 is 1.19 bits per heavy atom. The van der Waals surface area contributed by atoms with E-state index >= 15 is 0 Å². The number of oxime groups is 1. The number of thiazole rings is 1. The number of amides is 4. The first-order valence-electron chi connectivity index (χ1n) is 15.8. The van der Waals surface area contributed by atoms with Gasteiger partial charge in [-0.2, -0.15) is 0 Å². The summed E-state index contributed by atoms with van der Waals surface area (Å²) in [6.45, 7) is 3.65. The fourth-order valence-electron chi connectivity index (χ4n) is 6.84. The second-order valence-electron chi connectivity index (χ2n) is 12.6. The van der Waals surface area contributed by atoms with Crippen LogP contribution in [0.2, 0.25) is 9.36 Å². The van der Waals surface area contributed by atoms with Crippen LogP contribution in [0.25, 0.3) is 0 Å². The summed E-state index contributed by atoms with van der Waals surface area (Å²) in [5.41, 5.74) is 5.43. The highest BCUT2D eigenvalue weighted by Gasteiger charge is 2.55. The molecule has 0 radical (unpaired) electrons. The number of carbonyl (C=O) groups is 5. The minimum absolute atomic E-state index is 0.0157. The van der Waals surface area contributed by atoms with Gasteiger partial charge in [-0.15, -0.1) is 16.7 Å². The number of β-lactam (4-membered cyclic amide) rings is 1. The molecular formula is C30H31Cl2N8O10S2+. The molecule has 276 valence electrons. The number of aliphatic carboxylic acids is 1. The second kappa shape index (κ2) is 14.5. The topological polar surface area (TPSA) is 254 Å². The number of carboxylic acids is 1. The summed E-state index contributed by atoms with van der Waals surface area (Å²) in [7, 11) is 0. The molecule has 0 spiro atoms. The number of aromatic hydroxyl groups is 2. The highest BCUT2D eigenvalue weighted by molar-refractivity contribution is 8.00. The molecule has 1 aromatic carbocycles. The number of benzene rings is 1. The Bertz CT molecular complexity index is 1950. The average molecular weight is 799 g/mol. The number of nitroso groups, excluding NO2 is 1. The molecule has 0 aliphatic carbocycles. The Labute approximate surface area is 312 Å². The smallest absolute Gasteiger partial charge is 0.352 e. The Morgan fingerprint density at radius 2 is 1.90 bits per heavy atom. The number of halogens is 2. The number of piperidine rings is 1. The van der Waals surface area contributed by atoms with Crippen molar-refractivity contribution in [3.8, 4) is 11.5 Å². The Hall–Kier alpha value is -4.50. The van der Waals surface area contributed by atoms with Crippen LogP contribution < -0.4 is 11.1 Å². The van der Waals surface area contributed by atoms with E-state index in [9.17, 15) is 44.2 Å². The van der Waals surface area contributed by atoms with Crippen LogP contribution in [0.4, 0.5) is 5.13 Å². The summed E-state index contributed by atoms with van der Waals surface area (Å²) in [5.74, 6) is -5.31. The van der Waals surface area contributed by atoms with Gasteiger partial charge in [0, 0.05) is 35.4 Å². The number of phenols is 2. The number of thioether (sulfide) groups is 1. The zero-order chi connectivity index (χ0) is 37.6. The molecule has 2 aromatic rings. The molecular weight excluding hydrogens is 767 g/mol. The minimum atomic E-state index is -1.45. The first kappa shape index (κ1) is 37.3. The summed E-state index contributed by atoms with van der Waals surface area (Å²) in [6, 6.07) is 1.29. The first-order chi connectivity index (χ1) is 24.7. The van der Waals surface area contributed by atoms with Gasteiger partial charge in [-0.25, -0.2) is 9.78 Å². The van der Waals surface area contributed by atoms with E-state index in [4.69, 9.17) is 33.8 Å². The van der Waals surface area contributed by atoms with E-state index in [1.165, 1.54) is 30.8 Å². The van der Waals surface area contributed by atoms with Gasteiger partial charge in [-0.05, 0) is 19.1 Å². The lowest BCUT2D eigenvalue weighted by Crippen LogP contribution is -2.71. The number of nitrogen functional groups attached to an aromatic ring is 1. The monoisotopic (exact) mass is 797 g/mol. The zero-order valence-electron chi connectivity index (χ0n) is 27.2. The largest absolute Gasteiger partial charge is 0.504 e. The van der Waals surface area contributed by atoms with Crippen molar-refractivity contribution in [2.45, 2.75) is 43.3 Å². The van der Waals surface area contributed by atoms with Gasteiger partial charge >= 0.3 is 11.9 Å². The number of carbonyl (C=O) groups excluding carboxylic acids is 4. The molecule has 6 N–H and O–H groups in total. The SMILES string of the molecule is C[C@H](O/N=C(\C(=O)N[C@@H]1C(=O)N2C(C(=O)O)=C(C[N+]34CCC(CC3)N(C(=O)c3ccc(O)c(O)c3Cl)CC4)CS[C@H]12)c1nc(N)sc1Cl)C(=O)N=O. The second-order valence-corrected chi connectivity index (χ2v) is 15.7. The third-order valence-corrected chi connectivity index (χ3v) is 12.4. The third-order valence-electron chi connectivity index (χ3n) is 9.56. The molecule has 7 rings (SSSR count). The van der Waals surface area contributed by atoms with Crippen molar-refractivity contribution in [3.05, 3.63) is 48.9 Å². The van der Waals surface area contributed by atoms with Crippen LogP contribution in [0, 0.1) is 4.91 Å². The molecule has 22 heteroatoms. The Morgan fingerprint density at radius 3 is 2.54 bits per heavy atom. The summed E-state index contributed by atoms with van der Waals surface area (Å²) < 4.78 is 0.449. The number of nitrogens with two attached hydrogens (primary N) is 1. The number of carboxylic acid groups (broad SMARTS) is 1.